The molecule has 0 aliphatic heterocycles. The summed E-state index contributed by atoms with van der Waals surface area (Å²) in [6, 6.07) is 3.09. The average molecular weight is 192 g/mol. The SMILES string of the molecule is Cc1cc(CCN)c(C)n1C1CCC1. The summed E-state index contributed by atoms with van der Waals surface area (Å²) in [6.45, 7) is 5.20. The van der Waals surface area contributed by atoms with Gasteiger partial charge in [0.25, 0.3) is 0 Å². The summed E-state index contributed by atoms with van der Waals surface area (Å²) in [7, 11) is 0. The Kier molecular flexibility index (Phi) is 2.64. The van der Waals surface area contributed by atoms with E-state index in [0.29, 0.717) is 0 Å². The Morgan fingerprint density at radius 2 is 2.14 bits per heavy atom. The molecule has 0 aromatic carbocycles. The standard InChI is InChI=1S/C12H20N2/c1-9-8-11(6-7-13)10(2)14(9)12-4-3-5-12/h8,12H,3-7,13H2,1-2H3. The van der Waals surface area contributed by atoms with Gasteiger partial charge >= 0.3 is 0 Å². The lowest BCUT2D eigenvalue weighted by molar-refractivity contribution is 0.305. The van der Waals surface area contributed by atoms with Crippen LogP contribution in [0, 0.1) is 13.8 Å². The van der Waals surface area contributed by atoms with Gasteiger partial charge in [-0.15, -0.1) is 0 Å². The normalized spacial score (nSPS) is 17.1. The number of hydrogen-bond acceptors (Lipinski definition) is 1. The van der Waals surface area contributed by atoms with Crippen molar-refractivity contribution >= 4 is 0 Å². The summed E-state index contributed by atoms with van der Waals surface area (Å²) in [5.74, 6) is 0. The van der Waals surface area contributed by atoms with Gasteiger partial charge in [0, 0.05) is 17.4 Å². The summed E-state index contributed by atoms with van der Waals surface area (Å²) in [5.41, 5.74) is 9.90. The fraction of sp³-hybridized carbons (Fsp3) is 0.667. The van der Waals surface area contributed by atoms with Crippen LogP contribution >= 0.6 is 0 Å². The highest BCUT2D eigenvalue weighted by Gasteiger charge is 2.22. The van der Waals surface area contributed by atoms with Crippen molar-refractivity contribution in [3.63, 3.8) is 0 Å². The van der Waals surface area contributed by atoms with E-state index in [-0.39, 0.29) is 0 Å². The third kappa shape index (κ3) is 1.48. The molecule has 14 heavy (non-hydrogen) atoms. The molecular formula is C12H20N2. The van der Waals surface area contributed by atoms with Crippen molar-refractivity contribution in [2.45, 2.75) is 45.6 Å². The quantitative estimate of drug-likeness (QED) is 0.783. The molecule has 0 unspecified atom stereocenters. The second kappa shape index (κ2) is 3.77. The lowest BCUT2D eigenvalue weighted by atomic mass is 9.92. The minimum atomic E-state index is 0.759. The van der Waals surface area contributed by atoms with Gasteiger partial charge in [-0.1, -0.05) is 0 Å². The van der Waals surface area contributed by atoms with E-state index in [9.17, 15) is 0 Å². The van der Waals surface area contributed by atoms with Gasteiger partial charge in [0.05, 0.1) is 0 Å². The zero-order chi connectivity index (χ0) is 10.1. The van der Waals surface area contributed by atoms with Gasteiger partial charge in [-0.05, 0) is 57.7 Å². The highest BCUT2D eigenvalue weighted by atomic mass is 15.0. The first-order valence-corrected chi connectivity index (χ1v) is 5.61. The van der Waals surface area contributed by atoms with Crippen LogP contribution in [0.5, 0.6) is 0 Å². The molecule has 1 aliphatic rings. The zero-order valence-corrected chi connectivity index (χ0v) is 9.21. The van der Waals surface area contributed by atoms with Crippen molar-refractivity contribution in [1.29, 1.82) is 0 Å². The van der Waals surface area contributed by atoms with Crippen LogP contribution in [-0.2, 0) is 6.42 Å². The predicted molar refractivity (Wildman–Crippen MR) is 59.6 cm³/mol. The van der Waals surface area contributed by atoms with Crippen LogP contribution in [-0.4, -0.2) is 11.1 Å². The summed E-state index contributed by atoms with van der Waals surface area (Å²) in [5, 5.41) is 0. The first kappa shape index (κ1) is 9.78. The molecule has 1 fully saturated rings. The number of aromatic nitrogens is 1. The van der Waals surface area contributed by atoms with Crippen LogP contribution < -0.4 is 5.73 Å². The highest BCUT2D eigenvalue weighted by Crippen LogP contribution is 2.35. The maximum atomic E-state index is 5.60. The second-order valence-corrected chi connectivity index (χ2v) is 4.39. The molecule has 1 aromatic rings. The van der Waals surface area contributed by atoms with Crippen LogP contribution in [0.2, 0.25) is 0 Å². The van der Waals surface area contributed by atoms with Crippen molar-refractivity contribution in [3.05, 3.63) is 23.0 Å². The largest absolute Gasteiger partial charge is 0.346 e. The Balaban J connectivity index is 2.29. The van der Waals surface area contributed by atoms with Gasteiger partial charge in [0.2, 0.25) is 0 Å². The lowest BCUT2D eigenvalue weighted by Gasteiger charge is -2.30. The minimum absolute atomic E-state index is 0.759. The van der Waals surface area contributed by atoms with E-state index in [4.69, 9.17) is 5.73 Å². The van der Waals surface area contributed by atoms with Gasteiger partial charge in [-0.25, -0.2) is 0 Å². The molecule has 0 radical (unpaired) electrons. The average Bonchev–Trinajstić information content (AvgIpc) is 2.31. The molecule has 2 heteroatoms. The van der Waals surface area contributed by atoms with Crippen molar-refractivity contribution in [3.8, 4) is 0 Å². The van der Waals surface area contributed by atoms with E-state index in [1.54, 1.807) is 0 Å². The lowest BCUT2D eigenvalue weighted by Crippen LogP contribution is -2.19. The molecule has 2 N–H and O–H groups in total. The molecule has 2 rings (SSSR count). The smallest absolute Gasteiger partial charge is 0.0335 e. The van der Waals surface area contributed by atoms with Gasteiger partial charge < -0.3 is 10.3 Å². The Labute approximate surface area is 86.1 Å². The van der Waals surface area contributed by atoms with Gasteiger partial charge in [0.15, 0.2) is 0 Å². The predicted octanol–water partition coefficient (Wildman–Crippen LogP) is 2.33. The Bertz CT molecular complexity index is 321. The number of aryl methyl sites for hydroxylation is 1. The molecule has 1 heterocycles. The van der Waals surface area contributed by atoms with Crippen LogP contribution in [0.15, 0.2) is 6.07 Å². The van der Waals surface area contributed by atoms with Crippen LogP contribution in [0.3, 0.4) is 0 Å². The zero-order valence-electron chi connectivity index (χ0n) is 9.21. The van der Waals surface area contributed by atoms with Crippen molar-refractivity contribution < 1.29 is 0 Å². The summed E-state index contributed by atoms with van der Waals surface area (Å²) in [4.78, 5) is 0. The monoisotopic (exact) mass is 192 g/mol. The number of hydrogen-bond donors (Lipinski definition) is 1. The second-order valence-electron chi connectivity index (χ2n) is 4.39. The molecular weight excluding hydrogens is 172 g/mol. The summed E-state index contributed by atoms with van der Waals surface area (Å²) >= 11 is 0. The topological polar surface area (TPSA) is 30.9 Å². The maximum Gasteiger partial charge on any atom is 0.0335 e. The Morgan fingerprint density at radius 3 is 2.64 bits per heavy atom. The molecule has 1 saturated carbocycles. The van der Waals surface area contributed by atoms with E-state index in [1.807, 2.05) is 0 Å². The molecule has 1 aromatic heterocycles. The minimum Gasteiger partial charge on any atom is -0.346 e. The Morgan fingerprint density at radius 1 is 1.43 bits per heavy atom. The highest BCUT2D eigenvalue weighted by molar-refractivity contribution is 5.28. The molecule has 0 atom stereocenters. The fourth-order valence-electron chi connectivity index (χ4n) is 2.46. The molecule has 0 amide bonds. The van der Waals surface area contributed by atoms with Crippen molar-refractivity contribution in [2.75, 3.05) is 6.54 Å². The van der Waals surface area contributed by atoms with Gasteiger partial charge in [0.1, 0.15) is 0 Å². The number of rotatable bonds is 3. The van der Waals surface area contributed by atoms with E-state index in [2.05, 4.69) is 24.5 Å². The molecule has 0 saturated heterocycles. The van der Waals surface area contributed by atoms with E-state index in [0.717, 1.165) is 19.0 Å². The van der Waals surface area contributed by atoms with Crippen LogP contribution in [0.25, 0.3) is 0 Å². The molecule has 0 bridgehead atoms. The van der Waals surface area contributed by atoms with E-state index < -0.39 is 0 Å². The first-order valence-electron chi connectivity index (χ1n) is 5.61. The molecule has 78 valence electrons. The van der Waals surface area contributed by atoms with E-state index in [1.165, 1.54) is 36.2 Å². The van der Waals surface area contributed by atoms with Gasteiger partial charge in [-0.3, -0.25) is 0 Å². The molecule has 1 aliphatic carbocycles. The first-order chi connectivity index (χ1) is 6.74. The van der Waals surface area contributed by atoms with Crippen LogP contribution in [0.4, 0.5) is 0 Å². The third-order valence-corrected chi connectivity index (χ3v) is 3.44. The maximum absolute atomic E-state index is 5.60. The Hall–Kier alpha value is -0.760. The van der Waals surface area contributed by atoms with Gasteiger partial charge in [-0.2, -0.15) is 0 Å². The van der Waals surface area contributed by atoms with Crippen LogP contribution in [0.1, 0.15) is 42.3 Å². The molecule has 2 nitrogen and oxygen atoms in total. The third-order valence-electron chi connectivity index (χ3n) is 3.44. The number of nitrogens with two attached hydrogens (primary N) is 1. The number of nitrogens with zero attached hydrogens (tertiary/aromatic N) is 1. The van der Waals surface area contributed by atoms with E-state index >= 15 is 0 Å². The van der Waals surface area contributed by atoms with Crippen molar-refractivity contribution in [1.82, 2.24) is 4.57 Å². The summed E-state index contributed by atoms with van der Waals surface area (Å²) < 4.78 is 2.51. The van der Waals surface area contributed by atoms with Crippen molar-refractivity contribution in [2.24, 2.45) is 5.73 Å². The molecule has 0 spiro atoms. The summed E-state index contributed by atoms with van der Waals surface area (Å²) in [6.07, 6.45) is 5.14. The fourth-order valence-corrected chi connectivity index (χ4v) is 2.46.